The molecule has 7 heteroatoms. The molecule has 3 rings (SSSR count). The molecule has 0 unspecified atom stereocenters. The molecule has 0 atom stereocenters. The molecule has 3 aromatic rings. The summed E-state index contributed by atoms with van der Waals surface area (Å²) in [5, 5.41) is 8.45. The molecule has 21 heavy (non-hydrogen) atoms. The first kappa shape index (κ1) is 14.5. The third-order valence-corrected chi connectivity index (χ3v) is 5.94. The van der Waals surface area contributed by atoms with Crippen LogP contribution < -0.4 is 0 Å². The van der Waals surface area contributed by atoms with Gasteiger partial charge in [-0.1, -0.05) is 34.9 Å². The Balaban J connectivity index is 1.52. The molecule has 0 amide bonds. The average Bonchev–Trinajstić information content (AvgIpc) is 3.01. The SMILES string of the molecule is c1cc(CSc2nnc(SCc3ccncc3)s2)ccn1. The fourth-order valence-corrected chi connectivity index (χ4v) is 4.49. The van der Waals surface area contributed by atoms with E-state index in [4.69, 9.17) is 0 Å². The minimum absolute atomic E-state index is 0.895. The molecule has 0 aliphatic carbocycles. The van der Waals surface area contributed by atoms with E-state index in [1.54, 1.807) is 34.9 Å². The van der Waals surface area contributed by atoms with Crippen molar-refractivity contribution >= 4 is 34.9 Å². The van der Waals surface area contributed by atoms with E-state index in [1.807, 2.05) is 49.1 Å². The quantitative estimate of drug-likeness (QED) is 0.638. The molecule has 0 saturated heterocycles. The van der Waals surface area contributed by atoms with Crippen molar-refractivity contribution in [2.75, 3.05) is 0 Å². The molecule has 3 aromatic heterocycles. The molecule has 0 spiro atoms. The van der Waals surface area contributed by atoms with Gasteiger partial charge >= 0.3 is 0 Å². The van der Waals surface area contributed by atoms with E-state index in [2.05, 4.69) is 20.2 Å². The summed E-state index contributed by atoms with van der Waals surface area (Å²) in [6.45, 7) is 0. The van der Waals surface area contributed by atoms with Crippen LogP contribution >= 0.6 is 34.9 Å². The van der Waals surface area contributed by atoms with Crippen LogP contribution in [0.1, 0.15) is 11.1 Å². The van der Waals surface area contributed by atoms with Gasteiger partial charge in [0.05, 0.1) is 0 Å². The zero-order valence-corrected chi connectivity index (χ0v) is 13.5. The van der Waals surface area contributed by atoms with E-state index in [0.29, 0.717) is 0 Å². The number of pyridine rings is 2. The van der Waals surface area contributed by atoms with Crippen LogP contribution in [0, 0.1) is 0 Å². The Morgan fingerprint density at radius 3 is 1.57 bits per heavy atom. The third-order valence-electron chi connectivity index (χ3n) is 2.61. The van der Waals surface area contributed by atoms with Crippen molar-refractivity contribution in [1.82, 2.24) is 20.2 Å². The number of nitrogens with zero attached hydrogens (tertiary/aromatic N) is 4. The van der Waals surface area contributed by atoms with Gasteiger partial charge in [0, 0.05) is 36.3 Å². The largest absolute Gasteiger partial charge is 0.265 e. The highest BCUT2D eigenvalue weighted by molar-refractivity contribution is 8.02. The van der Waals surface area contributed by atoms with E-state index in [0.717, 1.165) is 20.2 Å². The molecule has 0 N–H and O–H groups in total. The zero-order valence-electron chi connectivity index (χ0n) is 11.0. The molecule has 0 radical (unpaired) electrons. The maximum atomic E-state index is 4.23. The van der Waals surface area contributed by atoms with Crippen molar-refractivity contribution < 1.29 is 0 Å². The minimum Gasteiger partial charge on any atom is -0.265 e. The number of aromatic nitrogens is 4. The first-order chi connectivity index (χ1) is 10.4. The van der Waals surface area contributed by atoms with Gasteiger partial charge in [0.1, 0.15) is 0 Å². The lowest BCUT2D eigenvalue weighted by molar-refractivity contribution is 0.954. The van der Waals surface area contributed by atoms with Crippen molar-refractivity contribution in [2.45, 2.75) is 20.2 Å². The van der Waals surface area contributed by atoms with Crippen molar-refractivity contribution in [1.29, 1.82) is 0 Å². The summed E-state index contributed by atoms with van der Waals surface area (Å²) in [5.74, 6) is 1.79. The van der Waals surface area contributed by atoms with Crippen LogP contribution in [0.3, 0.4) is 0 Å². The Hall–Kier alpha value is -1.44. The highest BCUT2D eigenvalue weighted by Crippen LogP contribution is 2.31. The van der Waals surface area contributed by atoms with Crippen LogP contribution in [-0.2, 0) is 11.5 Å². The maximum absolute atomic E-state index is 4.23. The normalized spacial score (nSPS) is 10.7. The van der Waals surface area contributed by atoms with Crippen LogP contribution in [0.2, 0.25) is 0 Å². The molecule has 106 valence electrons. The van der Waals surface area contributed by atoms with Crippen molar-refractivity contribution in [3.8, 4) is 0 Å². The number of rotatable bonds is 6. The highest BCUT2D eigenvalue weighted by atomic mass is 32.2. The Kier molecular flexibility index (Phi) is 5.20. The van der Waals surface area contributed by atoms with Gasteiger partial charge in [-0.2, -0.15) is 0 Å². The van der Waals surface area contributed by atoms with Gasteiger partial charge < -0.3 is 0 Å². The molecule has 3 heterocycles. The molecule has 0 aromatic carbocycles. The second kappa shape index (κ2) is 7.53. The molecule has 0 fully saturated rings. The average molecular weight is 332 g/mol. The Morgan fingerprint density at radius 1 is 0.714 bits per heavy atom. The van der Waals surface area contributed by atoms with Crippen molar-refractivity contribution in [3.05, 3.63) is 60.2 Å². The maximum Gasteiger partial charge on any atom is 0.175 e. The van der Waals surface area contributed by atoms with Crippen LogP contribution in [0.5, 0.6) is 0 Å². The number of thioether (sulfide) groups is 2. The second-order valence-corrected chi connectivity index (χ2v) is 7.54. The van der Waals surface area contributed by atoms with Crippen LogP contribution in [0.15, 0.2) is 57.7 Å². The number of hydrogen-bond donors (Lipinski definition) is 0. The predicted molar refractivity (Wildman–Crippen MR) is 87.5 cm³/mol. The molecule has 4 nitrogen and oxygen atoms in total. The summed E-state index contributed by atoms with van der Waals surface area (Å²) in [5.41, 5.74) is 2.49. The standard InChI is InChI=1S/C14H12N4S3/c1-5-15-6-2-11(1)9-19-13-17-18-14(21-13)20-10-12-3-7-16-8-4-12/h1-8H,9-10H2. The summed E-state index contributed by atoms with van der Waals surface area (Å²) in [6.07, 6.45) is 7.25. The molecule has 0 saturated carbocycles. The van der Waals surface area contributed by atoms with Crippen LogP contribution in [-0.4, -0.2) is 20.2 Å². The lowest BCUT2D eigenvalue weighted by Crippen LogP contribution is -1.80. The lowest BCUT2D eigenvalue weighted by Gasteiger charge is -1.97. The predicted octanol–water partition coefficient (Wildman–Crippen LogP) is 3.91. The first-order valence-electron chi connectivity index (χ1n) is 6.27. The smallest absolute Gasteiger partial charge is 0.175 e. The number of hydrogen-bond acceptors (Lipinski definition) is 7. The van der Waals surface area contributed by atoms with Gasteiger partial charge in [0.2, 0.25) is 0 Å². The lowest BCUT2D eigenvalue weighted by atomic mass is 10.3. The van der Waals surface area contributed by atoms with E-state index in [-0.39, 0.29) is 0 Å². The Labute approximate surface area is 135 Å². The highest BCUT2D eigenvalue weighted by Gasteiger charge is 2.06. The summed E-state index contributed by atoms with van der Waals surface area (Å²) < 4.78 is 2.01. The fourth-order valence-electron chi connectivity index (χ4n) is 1.56. The van der Waals surface area contributed by atoms with Gasteiger partial charge in [0.15, 0.2) is 8.68 Å². The van der Waals surface area contributed by atoms with E-state index >= 15 is 0 Å². The molecular weight excluding hydrogens is 320 g/mol. The Bertz CT molecular complexity index is 615. The molecule has 0 aliphatic heterocycles. The van der Waals surface area contributed by atoms with E-state index in [9.17, 15) is 0 Å². The van der Waals surface area contributed by atoms with Crippen molar-refractivity contribution in [2.24, 2.45) is 0 Å². The van der Waals surface area contributed by atoms with E-state index in [1.165, 1.54) is 11.1 Å². The van der Waals surface area contributed by atoms with Gasteiger partial charge in [0.25, 0.3) is 0 Å². The van der Waals surface area contributed by atoms with Gasteiger partial charge in [-0.25, -0.2) is 0 Å². The summed E-state index contributed by atoms with van der Waals surface area (Å²) >= 11 is 5.06. The third kappa shape index (κ3) is 4.52. The van der Waals surface area contributed by atoms with Gasteiger partial charge in [-0.15, -0.1) is 10.2 Å². The fraction of sp³-hybridized carbons (Fsp3) is 0.143. The van der Waals surface area contributed by atoms with Crippen LogP contribution in [0.25, 0.3) is 0 Å². The summed E-state index contributed by atoms with van der Waals surface area (Å²) in [6, 6.07) is 8.08. The monoisotopic (exact) mass is 332 g/mol. The van der Waals surface area contributed by atoms with Crippen LogP contribution in [0.4, 0.5) is 0 Å². The van der Waals surface area contributed by atoms with E-state index < -0.39 is 0 Å². The zero-order chi connectivity index (χ0) is 14.3. The Morgan fingerprint density at radius 2 is 1.14 bits per heavy atom. The summed E-state index contributed by atoms with van der Waals surface area (Å²) in [7, 11) is 0. The summed E-state index contributed by atoms with van der Waals surface area (Å²) in [4.78, 5) is 8.03. The minimum atomic E-state index is 0.895. The molecular formula is C14H12N4S3. The van der Waals surface area contributed by atoms with Crippen molar-refractivity contribution in [3.63, 3.8) is 0 Å². The second-order valence-electron chi connectivity index (χ2n) is 4.12. The molecule has 0 bridgehead atoms. The topological polar surface area (TPSA) is 51.6 Å². The molecule has 0 aliphatic rings. The first-order valence-corrected chi connectivity index (χ1v) is 9.06. The van der Waals surface area contributed by atoms with Gasteiger partial charge in [-0.3, -0.25) is 9.97 Å². The van der Waals surface area contributed by atoms with Gasteiger partial charge in [-0.05, 0) is 35.4 Å².